The normalized spacial score (nSPS) is 10.4. The van der Waals surface area contributed by atoms with Crippen molar-refractivity contribution in [3.63, 3.8) is 0 Å². The molecule has 2 aromatic carbocycles. The van der Waals surface area contributed by atoms with Gasteiger partial charge in [0.2, 0.25) is 5.78 Å². The van der Waals surface area contributed by atoms with Gasteiger partial charge in [0.1, 0.15) is 6.26 Å². The standard InChI is InChI=1S/C17H10ClNO3/c18-13-8-6-12(7-9-13)16(20)14-10-22-19-15(14)17(21)11-4-2-1-3-5-11/h1-10H. The Balaban J connectivity index is 1.97. The van der Waals surface area contributed by atoms with Crippen LogP contribution < -0.4 is 0 Å². The molecule has 108 valence electrons. The van der Waals surface area contributed by atoms with E-state index >= 15 is 0 Å². The summed E-state index contributed by atoms with van der Waals surface area (Å²) in [6.45, 7) is 0. The molecule has 22 heavy (non-hydrogen) atoms. The van der Waals surface area contributed by atoms with Crippen LogP contribution in [0, 0.1) is 0 Å². The van der Waals surface area contributed by atoms with E-state index in [9.17, 15) is 9.59 Å². The second-order valence-corrected chi connectivity index (χ2v) is 5.04. The number of hydrogen-bond donors (Lipinski definition) is 0. The van der Waals surface area contributed by atoms with Crippen LogP contribution in [0.5, 0.6) is 0 Å². The van der Waals surface area contributed by atoms with E-state index in [0.29, 0.717) is 16.1 Å². The van der Waals surface area contributed by atoms with Crippen LogP contribution in [0.2, 0.25) is 5.02 Å². The number of hydrogen-bond acceptors (Lipinski definition) is 4. The first-order chi connectivity index (χ1) is 10.7. The summed E-state index contributed by atoms with van der Waals surface area (Å²) in [5, 5.41) is 4.22. The Hall–Kier alpha value is -2.72. The number of aromatic nitrogens is 1. The fourth-order valence-electron chi connectivity index (χ4n) is 2.04. The smallest absolute Gasteiger partial charge is 0.215 e. The summed E-state index contributed by atoms with van der Waals surface area (Å²) in [6, 6.07) is 15.0. The van der Waals surface area contributed by atoms with E-state index < -0.39 is 0 Å². The average molecular weight is 312 g/mol. The van der Waals surface area contributed by atoms with Crippen LogP contribution in [-0.2, 0) is 0 Å². The first-order valence-corrected chi connectivity index (χ1v) is 6.89. The average Bonchev–Trinajstić information content (AvgIpc) is 3.04. The Labute approximate surface area is 131 Å². The number of halogens is 1. The van der Waals surface area contributed by atoms with Crippen LogP contribution in [-0.4, -0.2) is 16.7 Å². The first kappa shape index (κ1) is 14.2. The van der Waals surface area contributed by atoms with Gasteiger partial charge < -0.3 is 4.52 Å². The van der Waals surface area contributed by atoms with Crippen molar-refractivity contribution >= 4 is 23.2 Å². The third-order valence-corrected chi connectivity index (χ3v) is 3.42. The van der Waals surface area contributed by atoms with Crippen molar-refractivity contribution < 1.29 is 14.1 Å². The monoisotopic (exact) mass is 311 g/mol. The molecular formula is C17H10ClNO3. The van der Waals surface area contributed by atoms with Crippen molar-refractivity contribution in [3.05, 3.63) is 88.3 Å². The SMILES string of the molecule is O=C(c1ccc(Cl)cc1)c1conc1C(=O)c1ccccc1. The molecule has 0 spiro atoms. The van der Waals surface area contributed by atoms with E-state index in [0.717, 1.165) is 0 Å². The van der Waals surface area contributed by atoms with Crippen molar-refractivity contribution in [1.82, 2.24) is 5.16 Å². The van der Waals surface area contributed by atoms with E-state index in [1.54, 1.807) is 54.6 Å². The molecular weight excluding hydrogens is 302 g/mol. The lowest BCUT2D eigenvalue weighted by molar-refractivity contribution is 0.1000. The largest absolute Gasteiger partial charge is 0.363 e. The molecule has 0 saturated carbocycles. The number of ketones is 2. The summed E-state index contributed by atoms with van der Waals surface area (Å²) in [5.74, 6) is -0.691. The van der Waals surface area contributed by atoms with Gasteiger partial charge in [-0.05, 0) is 24.3 Å². The molecule has 4 nitrogen and oxygen atoms in total. The molecule has 0 amide bonds. The third kappa shape index (κ3) is 2.69. The van der Waals surface area contributed by atoms with Crippen LogP contribution in [0.3, 0.4) is 0 Å². The molecule has 3 aromatic rings. The third-order valence-electron chi connectivity index (χ3n) is 3.17. The van der Waals surface area contributed by atoms with Gasteiger partial charge in [0.25, 0.3) is 0 Å². The maximum Gasteiger partial charge on any atom is 0.215 e. The molecule has 5 heteroatoms. The zero-order valence-electron chi connectivity index (χ0n) is 11.3. The molecule has 3 rings (SSSR count). The highest BCUT2D eigenvalue weighted by Gasteiger charge is 2.23. The lowest BCUT2D eigenvalue weighted by Crippen LogP contribution is -2.10. The van der Waals surface area contributed by atoms with Gasteiger partial charge in [-0.1, -0.05) is 47.1 Å². The number of benzene rings is 2. The quantitative estimate of drug-likeness (QED) is 0.688. The zero-order chi connectivity index (χ0) is 15.5. The van der Waals surface area contributed by atoms with Crippen LogP contribution in [0.25, 0.3) is 0 Å². The second-order valence-electron chi connectivity index (χ2n) is 4.61. The lowest BCUT2D eigenvalue weighted by Gasteiger charge is -2.01. The van der Waals surface area contributed by atoms with E-state index in [4.69, 9.17) is 16.1 Å². The molecule has 0 unspecified atom stereocenters. The minimum atomic E-state index is -0.355. The Kier molecular flexibility index (Phi) is 3.85. The lowest BCUT2D eigenvalue weighted by atomic mass is 10.00. The Morgan fingerprint density at radius 1 is 0.864 bits per heavy atom. The van der Waals surface area contributed by atoms with Gasteiger partial charge in [-0.3, -0.25) is 9.59 Å². The van der Waals surface area contributed by atoms with Crippen molar-refractivity contribution in [2.45, 2.75) is 0 Å². The van der Waals surface area contributed by atoms with Crippen LogP contribution >= 0.6 is 11.6 Å². The summed E-state index contributed by atoms with van der Waals surface area (Å²) in [5.41, 5.74) is 0.999. The summed E-state index contributed by atoms with van der Waals surface area (Å²) in [4.78, 5) is 24.9. The highest BCUT2D eigenvalue weighted by molar-refractivity contribution is 6.30. The Morgan fingerprint density at radius 2 is 1.50 bits per heavy atom. The fraction of sp³-hybridized carbons (Fsp3) is 0. The molecule has 0 bridgehead atoms. The maximum absolute atomic E-state index is 12.5. The molecule has 0 aliphatic heterocycles. The van der Waals surface area contributed by atoms with E-state index in [-0.39, 0.29) is 22.8 Å². The van der Waals surface area contributed by atoms with Crippen molar-refractivity contribution in [3.8, 4) is 0 Å². The Bertz CT molecular complexity index is 823. The minimum Gasteiger partial charge on any atom is -0.363 e. The van der Waals surface area contributed by atoms with Crippen LogP contribution in [0.15, 0.2) is 65.4 Å². The fourth-order valence-corrected chi connectivity index (χ4v) is 2.17. The molecule has 1 aromatic heterocycles. The molecule has 0 N–H and O–H groups in total. The molecule has 0 atom stereocenters. The van der Waals surface area contributed by atoms with Crippen molar-refractivity contribution in [1.29, 1.82) is 0 Å². The van der Waals surface area contributed by atoms with Gasteiger partial charge in [0.05, 0.1) is 5.56 Å². The number of rotatable bonds is 4. The molecule has 0 fully saturated rings. The van der Waals surface area contributed by atoms with Gasteiger partial charge >= 0.3 is 0 Å². The highest BCUT2D eigenvalue weighted by Crippen LogP contribution is 2.18. The van der Waals surface area contributed by atoms with Crippen molar-refractivity contribution in [2.24, 2.45) is 0 Å². The number of nitrogens with zero attached hydrogens (tertiary/aromatic N) is 1. The van der Waals surface area contributed by atoms with E-state index in [1.165, 1.54) is 6.26 Å². The summed E-state index contributed by atoms with van der Waals surface area (Å²) in [6.07, 6.45) is 1.19. The summed E-state index contributed by atoms with van der Waals surface area (Å²) >= 11 is 5.81. The van der Waals surface area contributed by atoms with Gasteiger partial charge in [0, 0.05) is 16.1 Å². The molecule has 1 heterocycles. The predicted octanol–water partition coefficient (Wildman–Crippen LogP) is 3.79. The zero-order valence-corrected chi connectivity index (χ0v) is 12.1. The van der Waals surface area contributed by atoms with Gasteiger partial charge in [-0.2, -0.15) is 0 Å². The van der Waals surface area contributed by atoms with Gasteiger partial charge in [0.15, 0.2) is 11.5 Å². The first-order valence-electron chi connectivity index (χ1n) is 6.51. The van der Waals surface area contributed by atoms with E-state index in [2.05, 4.69) is 5.16 Å². The van der Waals surface area contributed by atoms with Crippen LogP contribution in [0.1, 0.15) is 32.0 Å². The second kappa shape index (κ2) is 5.95. The summed E-state index contributed by atoms with van der Waals surface area (Å²) in [7, 11) is 0. The summed E-state index contributed by atoms with van der Waals surface area (Å²) < 4.78 is 4.84. The molecule has 0 aliphatic carbocycles. The molecule has 0 aliphatic rings. The minimum absolute atomic E-state index is 0.00569. The highest BCUT2D eigenvalue weighted by atomic mass is 35.5. The number of carbonyl (C=O) groups excluding carboxylic acids is 2. The predicted molar refractivity (Wildman–Crippen MR) is 81.3 cm³/mol. The molecule has 0 radical (unpaired) electrons. The van der Waals surface area contributed by atoms with E-state index in [1.807, 2.05) is 0 Å². The van der Waals surface area contributed by atoms with Gasteiger partial charge in [-0.15, -0.1) is 0 Å². The van der Waals surface area contributed by atoms with Gasteiger partial charge in [-0.25, -0.2) is 0 Å². The number of carbonyl (C=O) groups is 2. The van der Waals surface area contributed by atoms with Crippen molar-refractivity contribution in [2.75, 3.05) is 0 Å². The Morgan fingerprint density at radius 3 is 2.18 bits per heavy atom. The molecule has 0 saturated heterocycles. The maximum atomic E-state index is 12.5. The topological polar surface area (TPSA) is 60.2 Å². The van der Waals surface area contributed by atoms with Crippen LogP contribution in [0.4, 0.5) is 0 Å².